The molecule has 0 atom stereocenters. The largest absolute Gasteiger partial charge is 0.339 e. The summed E-state index contributed by atoms with van der Waals surface area (Å²) in [6.45, 7) is 3.90. The van der Waals surface area contributed by atoms with Gasteiger partial charge in [-0.15, -0.1) is 0 Å². The van der Waals surface area contributed by atoms with Gasteiger partial charge in [0.05, 0.1) is 22.0 Å². The van der Waals surface area contributed by atoms with E-state index in [4.69, 9.17) is 0 Å². The highest BCUT2D eigenvalue weighted by molar-refractivity contribution is 7.86. The molecule has 0 bridgehead atoms. The van der Waals surface area contributed by atoms with Gasteiger partial charge in [0.1, 0.15) is 11.9 Å². The van der Waals surface area contributed by atoms with Crippen LogP contribution in [0.4, 0.5) is 11.4 Å². The van der Waals surface area contributed by atoms with Gasteiger partial charge in [0.15, 0.2) is 5.69 Å². The molecule has 0 saturated heterocycles. The van der Waals surface area contributed by atoms with Gasteiger partial charge in [0, 0.05) is 4.80 Å². The maximum Gasteiger partial charge on any atom is 0.339 e. The number of nitrogens with zero attached hydrogens (tertiary/aromatic N) is 6. The Hall–Kier alpha value is -3.76. The van der Waals surface area contributed by atoms with Crippen molar-refractivity contribution in [3.8, 4) is 17.1 Å². The van der Waals surface area contributed by atoms with Crippen LogP contribution in [-0.4, -0.2) is 28.0 Å². The lowest BCUT2D eigenvalue weighted by molar-refractivity contribution is -0.800. The van der Waals surface area contributed by atoms with Gasteiger partial charge in [-0.05, 0) is 60.9 Å². The fraction of sp³-hybridized carbons (Fsp3) is 0.136. The van der Waals surface area contributed by atoms with Crippen LogP contribution in [0.5, 0.6) is 0 Å². The lowest BCUT2D eigenvalue weighted by atomic mass is 10.1. The van der Waals surface area contributed by atoms with Gasteiger partial charge in [-0.2, -0.15) is 18.6 Å². The predicted octanol–water partition coefficient (Wildman–Crippen LogP) is 4.04. The quantitative estimate of drug-likeness (QED) is 0.281. The molecule has 3 aromatic carbocycles. The molecule has 9 nitrogen and oxygen atoms in total. The molecule has 0 unspecified atom stereocenters. The average molecular weight is 450 g/mol. The van der Waals surface area contributed by atoms with Gasteiger partial charge < -0.3 is 0 Å². The highest BCUT2D eigenvalue weighted by atomic mass is 32.2. The first-order valence-electron chi connectivity index (χ1n) is 9.72. The minimum atomic E-state index is -4.58. The molecule has 0 saturated carbocycles. The van der Waals surface area contributed by atoms with E-state index in [2.05, 4.69) is 20.4 Å². The molecule has 0 aliphatic heterocycles. The molecule has 1 heterocycles. The van der Waals surface area contributed by atoms with E-state index < -0.39 is 10.1 Å². The Labute approximate surface area is 185 Å². The average Bonchev–Trinajstić information content (AvgIpc) is 3.14. The fourth-order valence-electron chi connectivity index (χ4n) is 3.16. The molecule has 0 fully saturated rings. The summed E-state index contributed by atoms with van der Waals surface area (Å²) in [5.74, 6) is 0.426. The van der Waals surface area contributed by atoms with Gasteiger partial charge in [-0.3, -0.25) is 4.55 Å². The second-order valence-electron chi connectivity index (χ2n) is 7.28. The van der Waals surface area contributed by atoms with Gasteiger partial charge in [-0.1, -0.05) is 40.7 Å². The number of rotatable bonds is 5. The van der Waals surface area contributed by atoms with Crippen molar-refractivity contribution in [1.29, 1.82) is 0 Å². The molecule has 10 heteroatoms. The highest BCUT2D eigenvalue weighted by Gasteiger charge is 2.26. The van der Waals surface area contributed by atoms with Crippen LogP contribution < -0.4 is 4.80 Å². The molecular weight excluding hydrogens is 428 g/mol. The van der Waals surface area contributed by atoms with Crippen LogP contribution in [0, 0.1) is 13.8 Å². The van der Waals surface area contributed by atoms with Crippen molar-refractivity contribution in [1.82, 2.24) is 15.0 Å². The van der Waals surface area contributed by atoms with Crippen molar-refractivity contribution in [2.45, 2.75) is 18.7 Å². The lowest BCUT2D eigenvalue weighted by Crippen LogP contribution is -2.41. The summed E-state index contributed by atoms with van der Waals surface area (Å²) in [6, 6.07) is 19.4. The number of hydrogen-bond acceptors (Lipinski definition) is 6. The molecule has 0 aliphatic rings. The van der Waals surface area contributed by atoms with Crippen LogP contribution in [0.2, 0.25) is 0 Å². The first-order valence-corrected chi connectivity index (χ1v) is 11.2. The zero-order valence-corrected chi connectivity index (χ0v) is 18.5. The maximum atomic E-state index is 12.1. The molecular formula is C22H21N6O3S+. The zero-order chi connectivity index (χ0) is 22.9. The Morgan fingerprint density at radius 2 is 1.59 bits per heavy atom. The number of hydrogen-bond donors (Lipinski definition) is 1. The second-order valence-corrected chi connectivity index (χ2v) is 8.67. The SMILES string of the molecule is Cc1ccc(N=Nc2ccc(-n3nc(-c4ccccc4C)n[n+]3C)c(S(=O)(=O)O)c2)cc1. The molecule has 162 valence electrons. The molecule has 1 N–H and O–H groups in total. The smallest absolute Gasteiger partial charge is 0.282 e. The molecule has 0 spiro atoms. The van der Waals surface area contributed by atoms with Crippen molar-refractivity contribution in [2.24, 2.45) is 17.3 Å². The third kappa shape index (κ3) is 4.46. The van der Waals surface area contributed by atoms with Crippen LogP contribution in [0.15, 0.2) is 81.9 Å². The van der Waals surface area contributed by atoms with Crippen LogP contribution in [-0.2, 0) is 17.2 Å². The molecule has 1 aromatic heterocycles. The molecule has 4 aromatic rings. The van der Waals surface area contributed by atoms with Gasteiger partial charge in [0.2, 0.25) is 0 Å². The van der Waals surface area contributed by atoms with Crippen LogP contribution in [0.25, 0.3) is 17.1 Å². The predicted molar refractivity (Wildman–Crippen MR) is 118 cm³/mol. The van der Waals surface area contributed by atoms with Gasteiger partial charge in [0.25, 0.3) is 10.1 Å². The van der Waals surface area contributed by atoms with Crippen molar-refractivity contribution in [2.75, 3.05) is 0 Å². The molecule has 4 rings (SSSR count). The summed E-state index contributed by atoms with van der Waals surface area (Å²) in [6.07, 6.45) is 0. The Morgan fingerprint density at radius 3 is 2.28 bits per heavy atom. The van der Waals surface area contributed by atoms with E-state index >= 15 is 0 Å². The third-order valence-corrected chi connectivity index (χ3v) is 5.72. The van der Waals surface area contributed by atoms with Crippen LogP contribution in [0.1, 0.15) is 11.1 Å². The standard InChI is InChI=1S/C22H20N6O3S/c1-15-8-10-17(11-9-15)23-24-18-12-13-20(21(14-18)32(29,30)31)28-26-22(25-27(28)3)19-7-5-4-6-16(19)2/h4-14H,1-3H3/p+1. The van der Waals surface area contributed by atoms with Crippen molar-refractivity contribution < 1.29 is 17.8 Å². The Bertz CT molecular complexity index is 1430. The van der Waals surface area contributed by atoms with Crippen molar-refractivity contribution >= 4 is 21.5 Å². The van der Waals surface area contributed by atoms with E-state index in [0.29, 0.717) is 11.5 Å². The first-order chi connectivity index (χ1) is 15.2. The first kappa shape index (κ1) is 21.5. The summed E-state index contributed by atoms with van der Waals surface area (Å²) in [7, 11) is -2.94. The Morgan fingerprint density at radius 1 is 0.938 bits per heavy atom. The van der Waals surface area contributed by atoms with Crippen LogP contribution in [0.3, 0.4) is 0 Å². The van der Waals surface area contributed by atoms with E-state index in [1.54, 1.807) is 25.2 Å². The van der Waals surface area contributed by atoms with E-state index in [0.717, 1.165) is 16.7 Å². The molecule has 0 amide bonds. The molecule has 0 radical (unpaired) electrons. The van der Waals surface area contributed by atoms with Crippen molar-refractivity contribution in [3.05, 3.63) is 77.9 Å². The van der Waals surface area contributed by atoms with Gasteiger partial charge >= 0.3 is 5.82 Å². The topological polar surface area (TPSA) is 114 Å². The minimum absolute atomic E-state index is 0.136. The second kappa shape index (κ2) is 8.40. The number of azo groups is 1. The number of aryl methyl sites for hydroxylation is 3. The third-order valence-electron chi connectivity index (χ3n) is 4.84. The summed E-state index contributed by atoms with van der Waals surface area (Å²) in [5, 5.41) is 17.1. The molecule has 32 heavy (non-hydrogen) atoms. The van der Waals surface area contributed by atoms with Gasteiger partial charge in [-0.25, -0.2) is 0 Å². The normalized spacial score (nSPS) is 11.9. The zero-order valence-electron chi connectivity index (χ0n) is 17.7. The minimum Gasteiger partial charge on any atom is -0.282 e. The fourth-order valence-corrected chi connectivity index (χ4v) is 3.84. The maximum absolute atomic E-state index is 12.1. The van der Waals surface area contributed by atoms with E-state index in [-0.39, 0.29) is 16.3 Å². The Balaban J connectivity index is 1.77. The summed E-state index contributed by atoms with van der Waals surface area (Å²) < 4.78 is 34.2. The van der Waals surface area contributed by atoms with Crippen molar-refractivity contribution in [3.63, 3.8) is 0 Å². The molecule has 0 aliphatic carbocycles. The summed E-state index contributed by atoms with van der Waals surface area (Å²) >= 11 is 0. The van der Waals surface area contributed by atoms with E-state index in [1.807, 2.05) is 50.2 Å². The number of tetrazole rings is 1. The summed E-state index contributed by atoms with van der Waals surface area (Å²) in [5.41, 5.74) is 3.91. The van der Waals surface area contributed by atoms with E-state index in [9.17, 15) is 13.0 Å². The van der Waals surface area contributed by atoms with E-state index in [1.165, 1.54) is 21.7 Å². The number of aromatic nitrogens is 4. The summed E-state index contributed by atoms with van der Waals surface area (Å²) in [4.78, 5) is 2.36. The lowest BCUT2D eigenvalue weighted by Gasteiger charge is -2.04. The number of benzene rings is 3. The monoisotopic (exact) mass is 449 g/mol. The highest BCUT2D eigenvalue weighted by Crippen LogP contribution is 2.27. The Kier molecular flexibility index (Phi) is 5.64. The van der Waals surface area contributed by atoms with Crippen LogP contribution >= 0.6 is 0 Å².